The van der Waals surface area contributed by atoms with E-state index in [1.165, 1.54) is 6.07 Å². The zero-order valence-electron chi connectivity index (χ0n) is 12.2. The van der Waals surface area contributed by atoms with Crippen molar-refractivity contribution in [1.82, 2.24) is 0 Å². The van der Waals surface area contributed by atoms with E-state index in [4.69, 9.17) is 9.57 Å². The Hall–Kier alpha value is -2.20. The van der Waals surface area contributed by atoms with Crippen LogP contribution in [0.15, 0.2) is 53.7 Å². The summed E-state index contributed by atoms with van der Waals surface area (Å²) < 4.78 is 18.7. The fraction of sp³-hybridized carbons (Fsp3) is 0.235. The van der Waals surface area contributed by atoms with Gasteiger partial charge < -0.3 is 9.57 Å². The Morgan fingerprint density at radius 2 is 1.90 bits per heavy atom. The average molecular weight is 287 g/mol. The molecule has 0 aliphatic carbocycles. The number of benzene rings is 2. The second kappa shape index (κ2) is 7.55. The molecule has 0 aliphatic rings. The normalized spacial score (nSPS) is 11.5. The Morgan fingerprint density at radius 1 is 1.14 bits per heavy atom. The quantitative estimate of drug-likeness (QED) is 0.599. The molecular weight excluding hydrogens is 269 g/mol. The van der Waals surface area contributed by atoms with E-state index in [9.17, 15) is 4.39 Å². The van der Waals surface area contributed by atoms with Gasteiger partial charge in [0.2, 0.25) is 0 Å². The van der Waals surface area contributed by atoms with Crippen molar-refractivity contribution in [2.24, 2.45) is 5.16 Å². The predicted molar refractivity (Wildman–Crippen MR) is 80.8 cm³/mol. The Kier molecular flexibility index (Phi) is 5.46. The van der Waals surface area contributed by atoms with Gasteiger partial charge in [-0.15, -0.1) is 0 Å². The Morgan fingerprint density at radius 3 is 2.57 bits per heavy atom. The highest BCUT2D eigenvalue weighted by Crippen LogP contribution is 2.11. The molecule has 21 heavy (non-hydrogen) atoms. The minimum atomic E-state index is -0.264. The highest BCUT2D eigenvalue weighted by atomic mass is 19.1. The van der Waals surface area contributed by atoms with Crippen molar-refractivity contribution in [3.63, 3.8) is 0 Å². The van der Waals surface area contributed by atoms with Crippen molar-refractivity contribution >= 4 is 5.71 Å². The zero-order valence-corrected chi connectivity index (χ0v) is 12.2. The first kappa shape index (κ1) is 15.2. The van der Waals surface area contributed by atoms with Gasteiger partial charge in [-0.3, -0.25) is 0 Å². The summed E-state index contributed by atoms with van der Waals surface area (Å²) in [6.45, 7) is 2.35. The monoisotopic (exact) mass is 287 g/mol. The number of rotatable bonds is 6. The van der Waals surface area contributed by atoms with Crippen molar-refractivity contribution in [1.29, 1.82) is 0 Å². The summed E-state index contributed by atoms with van der Waals surface area (Å²) in [5, 5.41) is 4.07. The molecule has 0 amide bonds. The van der Waals surface area contributed by atoms with Crippen LogP contribution in [-0.2, 0) is 16.2 Å². The highest BCUT2D eigenvalue weighted by molar-refractivity contribution is 6.01. The molecule has 4 heteroatoms. The van der Waals surface area contributed by atoms with E-state index in [0.717, 1.165) is 5.56 Å². The highest BCUT2D eigenvalue weighted by Gasteiger charge is 2.07. The molecule has 0 atom stereocenters. The lowest BCUT2D eigenvalue weighted by Gasteiger charge is -2.07. The number of hydrogen-bond acceptors (Lipinski definition) is 3. The number of oxime groups is 1. The van der Waals surface area contributed by atoms with Crippen LogP contribution in [0.2, 0.25) is 0 Å². The number of hydrogen-bond donors (Lipinski definition) is 0. The number of methoxy groups -OCH3 is 1. The maximum absolute atomic E-state index is 13.6. The zero-order chi connectivity index (χ0) is 15.1. The molecule has 0 N–H and O–H groups in total. The van der Waals surface area contributed by atoms with E-state index in [1.807, 2.05) is 36.4 Å². The van der Waals surface area contributed by atoms with Gasteiger partial charge in [0, 0.05) is 12.7 Å². The van der Waals surface area contributed by atoms with Crippen LogP contribution in [0, 0.1) is 12.7 Å². The van der Waals surface area contributed by atoms with E-state index >= 15 is 0 Å². The van der Waals surface area contributed by atoms with Crippen LogP contribution in [0.4, 0.5) is 4.39 Å². The Labute approximate surface area is 124 Å². The smallest absolute Gasteiger partial charge is 0.142 e. The van der Waals surface area contributed by atoms with Crippen LogP contribution < -0.4 is 0 Å². The van der Waals surface area contributed by atoms with Gasteiger partial charge in [0.05, 0.1) is 6.61 Å². The largest absolute Gasteiger partial charge is 0.391 e. The Bertz CT molecular complexity index is 611. The fourth-order valence-corrected chi connectivity index (χ4v) is 1.83. The lowest BCUT2D eigenvalue weighted by atomic mass is 10.1. The first-order valence-electron chi connectivity index (χ1n) is 6.69. The minimum Gasteiger partial charge on any atom is -0.391 e. The van der Waals surface area contributed by atoms with Crippen LogP contribution >= 0.6 is 0 Å². The first-order valence-corrected chi connectivity index (χ1v) is 6.69. The second-order valence-electron chi connectivity index (χ2n) is 4.69. The van der Waals surface area contributed by atoms with E-state index in [1.54, 1.807) is 20.1 Å². The fourth-order valence-electron chi connectivity index (χ4n) is 1.83. The number of nitrogens with zero attached hydrogens (tertiary/aromatic N) is 1. The molecule has 0 aromatic heterocycles. The molecule has 0 saturated carbocycles. The molecule has 2 aromatic carbocycles. The van der Waals surface area contributed by atoms with E-state index in [2.05, 4.69) is 5.16 Å². The third-order valence-electron chi connectivity index (χ3n) is 3.03. The van der Waals surface area contributed by atoms with E-state index < -0.39 is 0 Å². The molecule has 0 bridgehead atoms. The van der Waals surface area contributed by atoms with Crippen molar-refractivity contribution in [2.45, 2.75) is 13.5 Å². The molecule has 2 rings (SSSR count). The molecule has 3 nitrogen and oxygen atoms in total. The van der Waals surface area contributed by atoms with Crippen LogP contribution in [-0.4, -0.2) is 19.4 Å². The van der Waals surface area contributed by atoms with Gasteiger partial charge in [0.1, 0.15) is 18.1 Å². The number of ether oxygens (including phenoxy) is 1. The van der Waals surface area contributed by atoms with Gasteiger partial charge in [-0.2, -0.15) is 0 Å². The predicted octanol–water partition coefficient (Wildman–Crippen LogP) is 3.70. The number of aryl methyl sites for hydroxylation is 1. The maximum atomic E-state index is 13.6. The van der Waals surface area contributed by atoms with Crippen molar-refractivity contribution in [3.8, 4) is 0 Å². The second-order valence-corrected chi connectivity index (χ2v) is 4.69. The SMILES string of the molecule is COCC(=NOCc1ccccc1)c1ccc(C)c(F)c1. The summed E-state index contributed by atoms with van der Waals surface area (Å²) in [5.41, 5.74) is 2.84. The van der Waals surface area contributed by atoms with Crippen LogP contribution in [0.5, 0.6) is 0 Å². The molecule has 0 aliphatic heterocycles. The summed E-state index contributed by atoms with van der Waals surface area (Å²) in [6.07, 6.45) is 0. The number of halogens is 1. The van der Waals surface area contributed by atoms with Crippen LogP contribution in [0.25, 0.3) is 0 Å². The summed E-state index contributed by atoms with van der Waals surface area (Å²) in [4.78, 5) is 5.34. The average Bonchev–Trinajstić information content (AvgIpc) is 2.50. The topological polar surface area (TPSA) is 30.8 Å². The van der Waals surface area contributed by atoms with Gasteiger partial charge in [0.15, 0.2) is 0 Å². The van der Waals surface area contributed by atoms with Crippen molar-refractivity contribution < 1.29 is 14.0 Å². The summed E-state index contributed by atoms with van der Waals surface area (Å²) in [6, 6.07) is 14.7. The molecule has 0 fully saturated rings. The summed E-state index contributed by atoms with van der Waals surface area (Å²) >= 11 is 0. The molecule has 0 heterocycles. The van der Waals surface area contributed by atoms with Gasteiger partial charge in [-0.25, -0.2) is 4.39 Å². The lowest BCUT2D eigenvalue weighted by molar-refractivity contribution is 0.127. The maximum Gasteiger partial charge on any atom is 0.142 e. The molecular formula is C17H18FNO2. The Balaban J connectivity index is 2.10. The molecule has 0 saturated heterocycles. The summed E-state index contributed by atoms with van der Waals surface area (Å²) in [7, 11) is 1.57. The standard InChI is InChI=1S/C17H18FNO2/c1-13-8-9-15(10-16(13)18)17(12-20-2)19-21-11-14-6-4-3-5-7-14/h3-10H,11-12H2,1-2H3. The van der Waals surface area contributed by atoms with Crippen molar-refractivity contribution in [3.05, 3.63) is 71.0 Å². The summed E-state index contributed by atoms with van der Waals surface area (Å²) in [5.74, 6) is -0.264. The third kappa shape index (κ3) is 4.39. The molecule has 0 spiro atoms. The molecule has 2 aromatic rings. The van der Waals surface area contributed by atoms with Gasteiger partial charge in [-0.1, -0.05) is 47.6 Å². The lowest BCUT2D eigenvalue weighted by Crippen LogP contribution is -2.10. The van der Waals surface area contributed by atoms with Crippen LogP contribution in [0.3, 0.4) is 0 Å². The van der Waals surface area contributed by atoms with E-state index in [-0.39, 0.29) is 12.4 Å². The van der Waals surface area contributed by atoms with Crippen LogP contribution in [0.1, 0.15) is 16.7 Å². The van der Waals surface area contributed by atoms with Crippen molar-refractivity contribution in [2.75, 3.05) is 13.7 Å². The van der Waals surface area contributed by atoms with E-state index in [0.29, 0.717) is 23.4 Å². The minimum absolute atomic E-state index is 0.261. The van der Waals surface area contributed by atoms with Gasteiger partial charge in [-0.05, 0) is 24.1 Å². The third-order valence-corrected chi connectivity index (χ3v) is 3.03. The molecule has 110 valence electrons. The molecule has 0 radical (unpaired) electrons. The van der Waals surface area contributed by atoms with Gasteiger partial charge >= 0.3 is 0 Å². The molecule has 0 unspecified atom stereocenters. The van der Waals surface area contributed by atoms with Gasteiger partial charge in [0.25, 0.3) is 0 Å². The first-order chi connectivity index (χ1) is 10.2.